The topological polar surface area (TPSA) is 70.1 Å². The molecule has 234 valence electrons. The lowest BCUT2D eigenvalue weighted by Crippen LogP contribution is -2.41. The number of carbonyl (C=O) groups is 2. The summed E-state index contributed by atoms with van der Waals surface area (Å²) >= 11 is 0. The van der Waals surface area contributed by atoms with Gasteiger partial charge in [0.05, 0.1) is 26.0 Å². The molecular weight excluding hydrogens is 572 g/mol. The van der Waals surface area contributed by atoms with E-state index in [1.165, 1.54) is 39.8 Å². The first kappa shape index (κ1) is 30.9. The second kappa shape index (κ2) is 13.1. The summed E-state index contributed by atoms with van der Waals surface area (Å²) in [5, 5.41) is 14.3. The van der Waals surface area contributed by atoms with Crippen LogP contribution >= 0.6 is 0 Å². The first-order valence-electron chi connectivity index (χ1n) is 15.9. The molecule has 1 N–H and O–H groups in total. The average molecular weight is 613 g/mol. The van der Waals surface area contributed by atoms with Gasteiger partial charge in [0.1, 0.15) is 0 Å². The zero-order valence-corrected chi connectivity index (χ0v) is 26.6. The van der Waals surface area contributed by atoms with Gasteiger partial charge in [0, 0.05) is 42.0 Å². The number of hydrogen-bond donors (Lipinski definition) is 1. The van der Waals surface area contributed by atoms with Crippen molar-refractivity contribution >= 4 is 44.9 Å². The fourth-order valence-corrected chi connectivity index (χ4v) is 7.12. The van der Waals surface area contributed by atoms with Crippen molar-refractivity contribution in [2.75, 3.05) is 30.0 Å². The second-order valence-electron chi connectivity index (χ2n) is 12.4. The molecule has 0 aliphatic carbocycles. The SMILES string of the molecule is COC(=O)CCN1/C(=C/C=C/C=C/C=C/C2N(CCC(=O)O)c3ccc4ccccc4c3C2(C)C)Cc2c1ccc1ccccc21. The Labute approximate surface area is 270 Å². The van der Waals surface area contributed by atoms with E-state index in [9.17, 15) is 14.7 Å². The number of esters is 1. The molecule has 1 unspecified atom stereocenters. The van der Waals surface area contributed by atoms with Crippen LogP contribution in [0.1, 0.15) is 37.8 Å². The highest BCUT2D eigenvalue weighted by molar-refractivity contribution is 5.94. The molecule has 2 aliphatic rings. The Hall–Kier alpha value is -5.10. The Kier molecular flexibility index (Phi) is 8.80. The molecule has 0 amide bonds. The molecule has 0 radical (unpaired) electrons. The van der Waals surface area contributed by atoms with Gasteiger partial charge in [-0.25, -0.2) is 0 Å². The number of carboxylic acids is 1. The van der Waals surface area contributed by atoms with Gasteiger partial charge in [0.2, 0.25) is 0 Å². The number of aliphatic carboxylic acids is 1. The van der Waals surface area contributed by atoms with Crippen LogP contribution in [0.25, 0.3) is 21.5 Å². The van der Waals surface area contributed by atoms with E-state index < -0.39 is 5.97 Å². The zero-order valence-electron chi connectivity index (χ0n) is 26.6. The minimum absolute atomic E-state index is 0.0126. The quantitative estimate of drug-likeness (QED) is 0.144. The first-order valence-corrected chi connectivity index (χ1v) is 15.9. The molecule has 0 saturated carbocycles. The number of allylic oxidation sites excluding steroid dienone is 7. The number of nitrogens with zero attached hydrogens (tertiary/aromatic N) is 2. The summed E-state index contributed by atoms with van der Waals surface area (Å²) < 4.78 is 4.91. The molecule has 6 heteroatoms. The van der Waals surface area contributed by atoms with Crippen LogP contribution in [0, 0.1) is 0 Å². The summed E-state index contributed by atoms with van der Waals surface area (Å²) in [5.74, 6) is -1.02. The van der Waals surface area contributed by atoms with E-state index in [4.69, 9.17) is 4.74 Å². The third-order valence-corrected chi connectivity index (χ3v) is 9.31. The number of benzene rings is 4. The summed E-state index contributed by atoms with van der Waals surface area (Å²) in [6, 6.07) is 25.4. The van der Waals surface area contributed by atoms with Gasteiger partial charge in [-0.05, 0) is 50.9 Å². The number of methoxy groups -OCH3 is 1. The van der Waals surface area contributed by atoms with Crippen LogP contribution in [0.5, 0.6) is 0 Å². The molecule has 6 nitrogen and oxygen atoms in total. The molecule has 0 spiro atoms. The van der Waals surface area contributed by atoms with Crippen molar-refractivity contribution in [3.63, 3.8) is 0 Å². The molecule has 4 aromatic carbocycles. The lowest BCUT2D eigenvalue weighted by Gasteiger charge is -2.32. The number of hydrogen-bond acceptors (Lipinski definition) is 5. The maximum atomic E-state index is 12.0. The van der Waals surface area contributed by atoms with E-state index in [1.54, 1.807) is 0 Å². The Morgan fingerprint density at radius 1 is 0.826 bits per heavy atom. The van der Waals surface area contributed by atoms with Crippen molar-refractivity contribution in [2.24, 2.45) is 0 Å². The molecule has 6 rings (SSSR count). The standard InChI is InChI=1S/C40H40N2O4/c1-40(2)36(42(25-23-37(43)44)35-22-20-29-14-10-12-17-32(29)39(35)40)18-8-6-4-5-7-15-30-27-33-31-16-11-9-13-28(31)19-21-34(33)41(30)26-24-38(45)46-3/h4-22,36H,23-27H2,1-3H3,(H,43,44)/b6-4+,7-5+,18-8+,30-15+. The Bertz CT molecular complexity index is 1920. The van der Waals surface area contributed by atoms with E-state index in [1.807, 2.05) is 24.3 Å². The summed E-state index contributed by atoms with van der Waals surface area (Å²) in [5.41, 5.74) is 5.72. The fraction of sp³-hybridized carbons (Fsp3) is 0.250. The third-order valence-electron chi connectivity index (χ3n) is 9.31. The predicted molar refractivity (Wildman–Crippen MR) is 187 cm³/mol. The number of ether oxygens (including phenoxy) is 1. The molecule has 0 saturated heterocycles. The Morgan fingerprint density at radius 2 is 1.48 bits per heavy atom. The number of carboxylic acid groups (broad SMARTS) is 1. The van der Waals surface area contributed by atoms with Crippen LogP contribution in [0.3, 0.4) is 0 Å². The third kappa shape index (κ3) is 5.95. The molecular formula is C40H40N2O4. The first-order chi connectivity index (χ1) is 22.3. The van der Waals surface area contributed by atoms with Gasteiger partial charge in [-0.1, -0.05) is 111 Å². The van der Waals surface area contributed by atoms with Crippen LogP contribution in [0.4, 0.5) is 11.4 Å². The van der Waals surface area contributed by atoms with Gasteiger partial charge in [0.15, 0.2) is 0 Å². The van der Waals surface area contributed by atoms with Crippen LogP contribution in [0.2, 0.25) is 0 Å². The number of anilines is 2. The maximum Gasteiger partial charge on any atom is 0.307 e. The normalized spacial score (nSPS) is 18.1. The molecule has 2 aliphatic heterocycles. The summed E-state index contributed by atoms with van der Waals surface area (Å²) in [6.45, 7) is 5.50. The van der Waals surface area contributed by atoms with E-state index in [0.717, 1.165) is 23.5 Å². The monoisotopic (exact) mass is 612 g/mol. The van der Waals surface area contributed by atoms with Crippen molar-refractivity contribution in [1.82, 2.24) is 0 Å². The Morgan fingerprint density at radius 3 is 2.22 bits per heavy atom. The number of carbonyl (C=O) groups excluding carboxylic acids is 1. The highest BCUT2D eigenvalue weighted by atomic mass is 16.5. The average Bonchev–Trinajstić information content (AvgIpc) is 3.53. The molecule has 0 bridgehead atoms. The summed E-state index contributed by atoms with van der Waals surface area (Å²) in [6.07, 6.45) is 15.6. The zero-order chi connectivity index (χ0) is 32.3. The Balaban J connectivity index is 1.21. The van der Waals surface area contributed by atoms with Crippen LogP contribution in [-0.4, -0.2) is 43.3 Å². The minimum atomic E-state index is -0.795. The number of fused-ring (bicyclic) bond motifs is 6. The molecule has 0 aromatic heterocycles. The van der Waals surface area contributed by atoms with Gasteiger partial charge in [0.25, 0.3) is 0 Å². The smallest absolute Gasteiger partial charge is 0.307 e. The second-order valence-corrected chi connectivity index (χ2v) is 12.4. The van der Waals surface area contributed by atoms with Crippen LogP contribution in [0.15, 0.2) is 121 Å². The predicted octanol–water partition coefficient (Wildman–Crippen LogP) is 8.11. The van der Waals surface area contributed by atoms with Crippen molar-refractivity contribution < 1.29 is 19.4 Å². The van der Waals surface area contributed by atoms with Gasteiger partial charge in [-0.3, -0.25) is 9.59 Å². The lowest BCUT2D eigenvalue weighted by molar-refractivity contribution is -0.140. The van der Waals surface area contributed by atoms with Crippen molar-refractivity contribution in [2.45, 2.75) is 44.6 Å². The fourth-order valence-electron chi connectivity index (χ4n) is 7.12. The van der Waals surface area contributed by atoms with Gasteiger partial charge >= 0.3 is 11.9 Å². The highest BCUT2D eigenvalue weighted by Gasteiger charge is 2.44. The molecule has 2 heterocycles. The van der Waals surface area contributed by atoms with Crippen molar-refractivity contribution in [3.8, 4) is 0 Å². The molecule has 4 aromatic rings. The summed E-state index contributed by atoms with van der Waals surface area (Å²) in [4.78, 5) is 28.0. The van der Waals surface area contributed by atoms with Crippen molar-refractivity contribution in [1.29, 1.82) is 0 Å². The molecule has 46 heavy (non-hydrogen) atoms. The van der Waals surface area contributed by atoms with Gasteiger partial charge < -0.3 is 19.6 Å². The molecule has 0 fully saturated rings. The van der Waals surface area contributed by atoms with Crippen molar-refractivity contribution in [3.05, 3.63) is 132 Å². The van der Waals surface area contributed by atoms with E-state index in [2.05, 4.69) is 115 Å². The maximum absolute atomic E-state index is 12.0. The summed E-state index contributed by atoms with van der Waals surface area (Å²) in [7, 11) is 1.43. The number of rotatable bonds is 10. The van der Waals surface area contributed by atoms with E-state index in [0.29, 0.717) is 19.5 Å². The van der Waals surface area contributed by atoms with Crippen LogP contribution in [-0.2, 0) is 26.2 Å². The van der Waals surface area contributed by atoms with Crippen LogP contribution < -0.4 is 9.80 Å². The largest absolute Gasteiger partial charge is 0.481 e. The molecule has 1 atom stereocenters. The minimum Gasteiger partial charge on any atom is -0.481 e. The van der Waals surface area contributed by atoms with E-state index in [-0.39, 0.29) is 23.8 Å². The lowest BCUT2D eigenvalue weighted by atomic mass is 9.78. The van der Waals surface area contributed by atoms with Gasteiger partial charge in [-0.2, -0.15) is 0 Å². The van der Waals surface area contributed by atoms with E-state index >= 15 is 0 Å². The highest BCUT2D eigenvalue weighted by Crippen LogP contribution is 2.49. The van der Waals surface area contributed by atoms with Gasteiger partial charge in [-0.15, -0.1) is 0 Å².